The first-order valence-electron chi connectivity index (χ1n) is 7.30. The number of rotatable bonds is 5. The van der Waals surface area contributed by atoms with E-state index in [9.17, 15) is 0 Å². The maximum absolute atomic E-state index is 5.96. The first-order chi connectivity index (χ1) is 9.65. The molecular formula is C14H26IN5O. The Morgan fingerprint density at radius 1 is 1.48 bits per heavy atom. The average molecular weight is 407 g/mol. The van der Waals surface area contributed by atoms with Crippen molar-refractivity contribution in [2.75, 3.05) is 7.11 Å². The molecule has 0 saturated heterocycles. The molecule has 1 heterocycles. The van der Waals surface area contributed by atoms with Crippen molar-refractivity contribution in [3.63, 3.8) is 0 Å². The molecule has 0 atom stereocenters. The molecule has 1 fully saturated rings. The van der Waals surface area contributed by atoms with Crippen LogP contribution in [0.15, 0.2) is 4.99 Å². The van der Waals surface area contributed by atoms with Gasteiger partial charge >= 0.3 is 0 Å². The Morgan fingerprint density at radius 2 is 2.14 bits per heavy atom. The summed E-state index contributed by atoms with van der Waals surface area (Å²) in [7, 11) is 3.54. The molecule has 1 aliphatic carbocycles. The highest BCUT2D eigenvalue weighted by atomic mass is 127. The lowest BCUT2D eigenvalue weighted by Gasteiger charge is -2.12. The van der Waals surface area contributed by atoms with Gasteiger partial charge < -0.3 is 15.8 Å². The van der Waals surface area contributed by atoms with Crippen molar-refractivity contribution in [2.24, 2.45) is 17.8 Å². The van der Waals surface area contributed by atoms with E-state index in [4.69, 9.17) is 10.5 Å². The summed E-state index contributed by atoms with van der Waals surface area (Å²) in [5.41, 5.74) is 8.00. The number of methoxy groups -OCH3 is 1. The minimum Gasteiger partial charge on any atom is -0.481 e. The van der Waals surface area contributed by atoms with E-state index >= 15 is 0 Å². The van der Waals surface area contributed by atoms with Crippen LogP contribution < -0.4 is 15.8 Å². The number of nitrogens with one attached hydrogen (secondary N) is 1. The van der Waals surface area contributed by atoms with Gasteiger partial charge in [-0.25, -0.2) is 9.67 Å². The van der Waals surface area contributed by atoms with Crippen LogP contribution in [0.4, 0.5) is 0 Å². The van der Waals surface area contributed by atoms with Crippen LogP contribution in [0.1, 0.15) is 43.9 Å². The number of nitrogens with zero attached hydrogens (tertiary/aromatic N) is 3. The zero-order valence-corrected chi connectivity index (χ0v) is 15.4. The second-order valence-corrected chi connectivity index (χ2v) is 5.24. The summed E-state index contributed by atoms with van der Waals surface area (Å²) in [6.45, 7) is 2.58. The molecule has 0 aliphatic heterocycles. The summed E-state index contributed by atoms with van der Waals surface area (Å²) in [5.74, 6) is 1.28. The monoisotopic (exact) mass is 407 g/mol. The first-order valence-corrected chi connectivity index (χ1v) is 7.30. The molecule has 1 aromatic rings. The third-order valence-corrected chi connectivity index (χ3v) is 3.81. The lowest BCUT2D eigenvalue weighted by atomic mass is 10.2. The molecule has 0 aromatic carbocycles. The number of aromatic nitrogens is 2. The minimum atomic E-state index is 0. The maximum atomic E-state index is 5.96. The molecule has 21 heavy (non-hydrogen) atoms. The van der Waals surface area contributed by atoms with E-state index in [2.05, 4.69) is 22.3 Å². The first kappa shape index (κ1) is 18.1. The number of ether oxygens (including phenoxy) is 1. The van der Waals surface area contributed by atoms with Crippen molar-refractivity contribution in [3.05, 3.63) is 11.3 Å². The molecule has 0 spiro atoms. The molecule has 0 unspecified atom stereocenters. The van der Waals surface area contributed by atoms with E-state index < -0.39 is 0 Å². The van der Waals surface area contributed by atoms with E-state index in [0.29, 0.717) is 18.5 Å². The number of guanidine groups is 1. The van der Waals surface area contributed by atoms with Gasteiger partial charge in [-0.05, 0) is 19.3 Å². The van der Waals surface area contributed by atoms with E-state index in [1.807, 2.05) is 7.05 Å². The van der Waals surface area contributed by atoms with Crippen LogP contribution in [-0.2, 0) is 20.0 Å². The van der Waals surface area contributed by atoms with Crippen LogP contribution in [0.2, 0.25) is 0 Å². The molecule has 1 aromatic heterocycles. The van der Waals surface area contributed by atoms with Gasteiger partial charge in [0.2, 0.25) is 5.88 Å². The molecule has 0 bridgehead atoms. The Labute approximate surface area is 143 Å². The summed E-state index contributed by atoms with van der Waals surface area (Å²) in [6, 6.07) is 0.486. The van der Waals surface area contributed by atoms with Gasteiger partial charge in [-0.2, -0.15) is 5.10 Å². The van der Waals surface area contributed by atoms with E-state index in [1.54, 1.807) is 11.8 Å². The van der Waals surface area contributed by atoms with Crippen molar-refractivity contribution in [1.29, 1.82) is 0 Å². The number of aliphatic imine (C=N–C) groups is 1. The number of hydrogen-bond donors (Lipinski definition) is 2. The highest BCUT2D eigenvalue weighted by Crippen LogP contribution is 2.23. The Morgan fingerprint density at radius 3 is 2.71 bits per heavy atom. The highest BCUT2D eigenvalue weighted by molar-refractivity contribution is 14.0. The Hall–Kier alpha value is -0.990. The predicted octanol–water partition coefficient (Wildman–Crippen LogP) is 1.96. The van der Waals surface area contributed by atoms with Crippen LogP contribution in [0.3, 0.4) is 0 Å². The Kier molecular flexibility index (Phi) is 7.27. The van der Waals surface area contributed by atoms with E-state index in [1.165, 1.54) is 25.7 Å². The topological polar surface area (TPSA) is 77.5 Å². The molecule has 1 saturated carbocycles. The van der Waals surface area contributed by atoms with Gasteiger partial charge in [-0.1, -0.05) is 19.8 Å². The molecule has 7 heteroatoms. The second-order valence-electron chi connectivity index (χ2n) is 5.24. The van der Waals surface area contributed by atoms with Crippen LogP contribution in [0.25, 0.3) is 0 Å². The summed E-state index contributed by atoms with van der Waals surface area (Å²) in [4.78, 5) is 4.44. The molecule has 2 rings (SSSR count). The van der Waals surface area contributed by atoms with Gasteiger partial charge in [0, 0.05) is 13.1 Å². The number of hydrogen-bond acceptors (Lipinski definition) is 3. The fourth-order valence-corrected chi connectivity index (χ4v) is 2.79. The van der Waals surface area contributed by atoms with Crippen molar-refractivity contribution in [3.8, 4) is 5.88 Å². The average Bonchev–Trinajstić information content (AvgIpc) is 3.03. The number of nitrogens with two attached hydrogens (primary N) is 1. The van der Waals surface area contributed by atoms with Crippen molar-refractivity contribution in [1.82, 2.24) is 15.1 Å². The zero-order chi connectivity index (χ0) is 14.5. The number of halogens is 1. The highest BCUT2D eigenvalue weighted by Gasteiger charge is 2.17. The zero-order valence-electron chi connectivity index (χ0n) is 13.1. The third-order valence-electron chi connectivity index (χ3n) is 3.81. The summed E-state index contributed by atoms with van der Waals surface area (Å²) in [5, 5.41) is 7.73. The van der Waals surface area contributed by atoms with E-state index in [0.717, 1.165) is 23.6 Å². The molecule has 3 N–H and O–H groups in total. The molecular weight excluding hydrogens is 381 g/mol. The van der Waals surface area contributed by atoms with Gasteiger partial charge in [0.1, 0.15) is 0 Å². The normalized spacial score (nSPS) is 15.9. The van der Waals surface area contributed by atoms with Crippen LogP contribution in [0, 0.1) is 0 Å². The fraction of sp³-hybridized carbons (Fsp3) is 0.714. The fourth-order valence-electron chi connectivity index (χ4n) is 2.79. The molecule has 1 aliphatic rings. The SMILES string of the molecule is CCc1nn(C)c(OC)c1CN=C(N)NC1CCCC1.I. The molecule has 0 radical (unpaired) electrons. The maximum Gasteiger partial charge on any atom is 0.216 e. The summed E-state index contributed by atoms with van der Waals surface area (Å²) >= 11 is 0. The largest absolute Gasteiger partial charge is 0.481 e. The van der Waals surface area contributed by atoms with Crippen molar-refractivity contribution < 1.29 is 4.74 Å². The van der Waals surface area contributed by atoms with Gasteiger partial charge in [0.15, 0.2) is 5.96 Å². The van der Waals surface area contributed by atoms with Gasteiger partial charge in [0.05, 0.1) is 24.9 Å². The lowest BCUT2D eigenvalue weighted by molar-refractivity contribution is 0.369. The molecule has 120 valence electrons. The summed E-state index contributed by atoms with van der Waals surface area (Å²) < 4.78 is 7.15. The third kappa shape index (κ3) is 4.49. The predicted molar refractivity (Wildman–Crippen MR) is 95.3 cm³/mol. The minimum absolute atomic E-state index is 0. The Bertz CT molecular complexity index is 480. The van der Waals surface area contributed by atoms with Crippen LogP contribution >= 0.6 is 24.0 Å². The van der Waals surface area contributed by atoms with Crippen LogP contribution in [-0.4, -0.2) is 28.9 Å². The van der Waals surface area contributed by atoms with Crippen LogP contribution in [0.5, 0.6) is 5.88 Å². The standard InChI is InChI=1S/C14H25N5O.HI/c1-4-12-11(13(20-3)19(2)18-12)9-16-14(15)17-10-7-5-6-8-10;/h10H,4-9H2,1-3H3,(H3,15,16,17);1H. The summed E-state index contributed by atoms with van der Waals surface area (Å²) in [6.07, 6.45) is 5.79. The van der Waals surface area contributed by atoms with Gasteiger partial charge in [0.25, 0.3) is 0 Å². The number of aryl methyl sites for hydroxylation is 2. The molecule has 0 amide bonds. The van der Waals surface area contributed by atoms with E-state index in [-0.39, 0.29) is 24.0 Å². The quantitative estimate of drug-likeness (QED) is 0.445. The molecule has 6 nitrogen and oxygen atoms in total. The lowest BCUT2D eigenvalue weighted by Crippen LogP contribution is -2.38. The Balaban J connectivity index is 0.00000220. The van der Waals surface area contributed by atoms with Crippen molar-refractivity contribution >= 4 is 29.9 Å². The van der Waals surface area contributed by atoms with Crippen molar-refractivity contribution in [2.45, 2.75) is 51.6 Å². The smallest absolute Gasteiger partial charge is 0.216 e. The second kappa shape index (κ2) is 8.45. The van der Waals surface area contributed by atoms with Gasteiger partial charge in [-0.15, -0.1) is 24.0 Å². The van der Waals surface area contributed by atoms with Gasteiger partial charge in [-0.3, -0.25) is 0 Å².